The van der Waals surface area contributed by atoms with Gasteiger partial charge in [-0.1, -0.05) is 18.5 Å². The summed E-state index contributed by atoms with van der Waals surface area (Å²) in [7, 11) is 0. The number of carbonyl (C=O) groups is 1. The highest BCUT2D eigenvalue weighted by molar-refractivity contribution is 6.31. The smallest absolute Gasteiger partial charge is 0.306 e. The number of halogens is 2. The molecule has 1 unspecified atom stereocenters. The molecule has 1 saturated heterocycles. The lowest BCUT2D eigenvalue weighted by Gasteiger charge is -2.42. The zero-order chi connectivity index (χ0) is 15.0. The predicted molar refractivity (Wildman–Crippen MR) is 70.6 cm³/mol. The maximum absolute atomic E-state index is 13.5. The van der Waals surface area contributed by atoms with E-state index in [1.165, 1.54) is 0 Å². The number of nitro benzene ring substituents is 1. The van der Waals surface area contributed by atoms with Crippen molar-refractivity contribution in [3.63, 3.8) is 0 Å². The van der Waals surface area contributed by atoms with Crippen LogP contribution in [0.2, 0.25) is 5.02 Å². The summed E-state index contributed by atoms with van der Waals surface area (Å²) < 4.78 is 13.5. The highest BCUT2D eigenvalue weighted by Crippen LogP contribution is 2.38. The average Bonchev–Trinajstić information content (AvgIpc) is 2.30. The number of carboxylic acid groups (broad SMARTS) is 1. The molecular formula is C12H12ClFN2O4. The summed E-state index contributed by atoms with van der Waals surface area (Å²) in [4.78, 5) is 22.8. The molecule has 1 N–H and O–H groups in total. The third-order valence-electron chi connectivity index (χ3n) is 3.56. The van der Waals surface area contributed by atoms with Gasteiger partial charge in [-0.2, -0.15) is 0 Å². The summed E-state index contributed by atoms with van der Waals surface area (Å²) in [5.74, 6) is -2.29. The first-order chi connectivity index (χ1) is 9.31. The van der Waals surface area contributed by atoms with Crippen molar-refractivity contribution >= 4 is 28.9 Å². The molecule has 0 aliphatic carbocycles. The quantitative estimate of drug-likeness (QED) is 0.682. The van der Waals surface area contributed by atoms with E-state index in [9.17, 15) is 19.3 Å². The number of rotatable bonds is 4. The molecule has 6 nitrogen and oxygen atoms in total. The van der Waals surface area contributed by atoms with Gasteiger partial charge in [0.05, 0.1) is 15.9 Å². The average molecular weight is 303 g/mol. The van der Waals surface area contributed by atoms with E-state index >= 15 is 0 Å². The van der Waals surface area contributed by atoms with Crippen molar-refractivity contribution in [3.8, 4) is 0 Å². The molecule has 2 rings (SSSR count). The summed E-state index contributed by atoms with van der Waals surface area (Å²) in [5.41, 5.74) is -0.149. The highest BCUT2D eigenvalue weighted by Gasteiger charge is 2.37. The second-order valence-corrected chi connectivity index (χ2v) is 5.21. The van der Waals surface area contributed by atoms with E-state index in [1.807, 2.05) is 0 Å². The number of anilines is 1. The van der Waals surface area contributed by atoms with Crippen LogP contribution in [0.3, 0.4) is 0 Å². The van der Waals surface area contributed by atoms with Crippen molar-refractivity contribution in [3.05, 3.63) is 33.1 Å². The van der Waals surface area contributed by atoms with E-state index < -0.39 is 22.6 Å². The molecule has 108 valence electrons. The Morgan fingerprint density at radius 1 is 1.60 bits per heavy atom. The standard InChI is InChI=1S/C12H12ClFN2O4/c1-6(12(17)18)7-4-15(5-7)10-3-9(14)8(13)2-11(10)16(19)20/h2-3,6-7H,4-5H2,1H3,(H,17,18). The molecule has 0 aromatic heterocycles. The number of benzene rings is 1. The number of aliphatic carboxylic acids is 1. The zero-order valence-electron chi connectivity index (χ0n) is 10.5. The molecule has 0 bridgehead atoms. The molecule has 1 aromatic rings. The Bertz CT molecular complexity index is 575. The first-order valence-corrected chi connectivity index (χ1v) is 6.30. The van der Waals surface area contributed by atoms with E-state index in [-0.39, 0.29) is 22.3 Å². The molecule has 0 spiro atoms. The molecule has 1 aliphatic heterocycles. The number of carboxylic acids is 1. The fourth-order valence-corrected chi connectivity index (χ4v) is 2.31. The van der Waals surface area contributed by atoms with Gasteiger partial charge in [-0.15, -0.1) is 0 Å². The van der Waals surface area contributed by atoms with Crippen LogP contribution < -0.4 is 4.90 Å². The molecule has 1 aliphatic rings. The zero-order valence-corrected chi connectivity index (χ0v) is 11.3. The summed E-state index contributed by atoms with van der Waals surface area (Å²) >= 11 is 5.54. The Morgan fingerprint density at radius 3 is 2.70 bits per heavy atom. The Kier molecular flexibility index (Phi) is 3.80. The molecule has 20 heavy (non-hydrogen) atoms. The second-order valence-electron chi connectivity index (χ2n) is 4.80. The first-order valence-electron chi connectivity index (χ1n) is 5.92. The van der Waals surface area contributed by atoms with Crippen LogP contribution in [0.4, 0.5) is 15.8 Å². The van der Waals surface area contributed by atoms with Crippen LogP contribution in [0, 0.1) is 27.8 Å². The van der Waals surface area contributed by atoms with Crippen molar-refractivity contribution in [2.75, 3.05) is 18.0 Å². The number of hydrogen-bond acceptors (Lipinski definition) is 4. The molecule has 1 fully saturated rings. The largest absolute Gasteiger partial charge is 0.481 e. The van der Waals surface area contributed by atoms with Gasteiger partial charge in [-0.3, -0.25) is 14.9 Å². The Balaban J connectivity index is 2.21. The van der Waals surface area contributed by atoms with E-state index in [0.717, 1.165) is 12.1 Å². The minimum atomic E-state index is -0.911. The SMILES string of the molecule is CC(C(=O)O)C1CN(c2cc(F)c(Cl)cc2[N+](=O)[O-])C1. The van der Waals surface area contributed by atoms with Crippen LogP contribution in [0.25, 0.3) is 0 Å². The van der Waals surface area contributed by atoms with Crippen LogP contribution in [0.1, 0.15) is 6.92 Å². The maximum Gasteiger partial charge on any atom is 0.306 e. The molecule has 0 amide bonds. The number of hydrogen-bond donors (Lipinski definition) is 1. The van der Waals surface area contributed by atoms with Crippen LogP contribution in [0.5, 0.6) is 0 Å². The summed E-state index contributed by atoms with van der Waals surface area (Å²) in [6, 6.07) is 1.99. The summed E-state index contributed by atoms with van der Waals surface area (Å²) in [6.07, 6.45) is 0. The normalized spacial score (nSPS) is 16.6. The van der Waals surface area contributed by atoms with Crippen molar-refractivity contribution in [2.45, 2.75) is 6.92 Å². The van der Waals surface area contributed by atoms with Gasteiger partial charge in [0, 0.05) is 31.1 Å². The first kappa shape index (κ1) is 14.5. The highest BCUT2D eigenvalue weighted by atomic mass is 35.5. The molecule has 0 radical (unpaired) electrons. The lowest BCUT2D eigenvalue weighted by molar-refractivity contribution is -0.384. The third-order valence-corrected chi connectivity index (χ3v) is 3.85. The summed E-state index contributed by atoms with van der Waals surface area (Å²) in [6.45, 7) is 2.27. The van der Waals surface area contributed by atoms with Gasteiger partial charge >= 0.3 is 5.97 Å². The van der Waals surface area contributed by atoms with Crippen molar-refractivity contribution in [1.82, 2.24) is 0 Å². The molecule has 0 saturated carbocycles. The van der Waals surface area contributed by atoms with Gasteiger partial charge in [0.1, 0.15) is 11.5 Å². The predicted octanol–water partition coefficient (Wildman–Crippen LogP) is 2.54. The Labute approximate surface area is 118 Å². The minimum Gasteiger partial charge on any atom is -0.481 e. The van der Waals surface area contributed by atoms with Gasteiger partial charge in [0.25, 0.3) is 5.69 Å². The lowest BCUT2D eigenvalue weighted by Crippen LogP contribution is -2.51. The fraction of sp³-hybridized carbons (Fsp3) is 0.417. The molecule has 1 aromatic carbocycles. The van der Waals surface area contributed by atoms with Gasteiger partial charge in [-0.25, -0.2) is 4.39 Å². The number of nitrogens with zero attached hydrogens (tertiary/aromatic N) is 2. The van der Waals surface area contributed by atoms with E-state index in [4.69, 9.17) is 16.7 Å². The fourth-order valence-electron chi connectivity index (χ4n) is 2.15. The van der Waals surface area contributed by atoms with E-state index in [2.05, 4.69) is 0 Å². The van der Waals surface area contributed by atoms with Crippen LogP contribution in [0.15, 0.2) is 12.1 Å². The second kappa shape index (κ2) is 5.24. The van der Waals surface area contributed by atoms with Gasteiger partial charge in [-0.05, 0) is 0 Å². The van der Waals surface area contributed by atoms with Crippen molar-refractivity contribution in [1.29, 1.82) is 0 Å². The van der Waals surface area contributed by atoms with Crippen molar-refractivity contribution in [2.24, 2.45) is 11.8 Å². The van der Waals surface area contributed by atoms with Crippen molar-refractivity contribution < 1.29 is 19.2 Å². The molecule has 1 heterocycles. The maximum atomic E-state index is 13.5. The Morgan fingerprint density at radius 2 is 2.20 bits per heavy atom. The number of nitro groups is 1. The monoisotopic (exact) mass is 302 g/mol. The molecule has 8 heteroatoms. The van der Waals surface area contributed by atoms with Crippen LogP contribution in [-0.4, -0.2) is 29.1 Å². The van der Waals surface area contributed by atoms with Crippen LogP contribution in [-0.2, 0) is 4.79 Å². The Hall–Kier alpha value is -1.89. The molecule has 1 atom stereocenters. The van der Waals surface area contributed by atoms with Crippen LogP contribution >= 0.6 is 11.6 Å². The minimum absolute atomic E-state index is 0.106. The van der Waals surface area contributed by atoms with E-state index in [0.29, 0.717) is 13.1 Å². The summed E-state index contributed by atoms with van der Waals surface area (Å²) in [5, 5.41) is 19.5. The molecular weight excluding hydrogens is 291 g/mol. The lowest BCUT2D eigenvalue weighted by atomic mass is 9.86. The third kappa shape index (κ3) is 2.53. The van der Waals surface area contributed by atoms with Gasteiger partial charge in [0.2, 0.25) is 0 Å². The van der Waals surface area contributed by atoms with Gasteiger partial charge < -0.3 is 10.0 Å². The topological polar surface area (TPSA) is 83.7 Å². The van der Waals surface area contributed by atoms with Gasteiger partial charge in [0.15, 0.2) is 0 Å². The van der Waals surface area contributed by atoms with E-state index in [1.54, 1.807) is 11.8 Å².